The fraction of sp³-hybridized carbons (Fsp3) is 0.787. The summed E-state index contributed by atoms with van der Waals surface area (Å²) in [4.78, 5) is 34.9. The van der Waals surface area contributed by atoms with Crippen LogP contribution in [-0.2, 0) is 32.7 Å². The standard InChI is InChI=1S/C47H86NO9P/c1-3-5-7-8-9-10-11-12-13-14-15-16-17-18-23-26-29-32-35-39-47(51)57-45(43-56-58(52,53)55-41-40-48)42-54-46(50)38-34-31-28-25-22-20-19-21-24-27-30-33-37-44(49)36-6-4-2/h19-20,24-25,27-28,33,37,44-45,49H,3-18,21-23,26,29-32,34-36,38-43,48H2,1-2H3,(H,52,53)/b20-19-,27-24-,28-25-,37-33-/t44-,45+/m0/s1. The second-order valence-electron chi connectivity index (χ2n) is 15.4. The number of aliphatic hydroxyl groups is 1. The third kappa shape index (κ3) is 42.1. The number of unbranched alkanes of at least 4 members (excludes halogenated alkanes) is 20. The lowest BCUT2D eigenvalue weighted by Gasteiger charge is -2.19. The molecule has 0 radical (unpaired) electrons. The molecule has 0 spiro atoms. The molecule has 0 amide bonds. The summed E-state index contributed by atoms with van der Waals surface area (Å²) in [5, 5.41) is 9.81. The van der Waals surface area contributed by atoms with E-state index in [0.29, 0.717) is 19.3 Å². The molecule has 1 unspecified atom stereocenters. The van der Waals surface area contributed by atoms with Gasteiger partial charge in [-0.3, -0.25) is 18.6 Å². The smallest absolute Gasteiger partial charge is 0.462 e. The first-order valence-electron chi connectivity index (χ1n) is 23.2. The highest BCUT2D eigenvalue weighted by molar-refractivity contribution is 7.47. The Morgan fingerprint density at radius 2 is 1.05 bits per heavy atom. The van der Waals surface area contributed by atoms with Gasteiger partial charge >= 0.3 is 19.8 Å². The van der Waals surface area contributed by atoms with Crippen LogP contribution in [0, 0.1) is 0 Å². The molecule has 0 aliphatic rings. The lowest BCUT2D eigenvalue weighted by Crippen LogP contribution is -2.29. The van der Waals surface area contributed by atoms with Crippen LogP contribution in [0.4, 0.5) is 0 Å². The van der Waals surface area contributed by atoms with Gasteiger partial charge in [-0.15, -0.1) is 0 Å². The van der Waals surface area contributed by atoms with E-state index in [0.717, 1.165) is 57.8 Å². The quantitative estimate of drug-likeness (QED) is 0.0234. The predicted molar refractivity (Wildman–Crippen MR) is 239 cm³/mol. The molecule has 11 heteroatoms. The summed E-state index contributed by atoms with van der Waals surface area (Å²) in [7, 11) is -4.40. The van der Waals surface area contributed by atoms with E-state index in [2.05, 4.69) is 44.2 Å². The minimum absolute atomic E-state index is 0.0397. The van der Waals surface area contributed by atoms with Crippen LogP contribution >= 0.6 is 7.82 Å². The number of phosphoric acid groups is 1. The Balaban J connectivity index is 4.20. The van der Waals surface area contributed by atoms with Crippen molar-refractivity contribution in [1.82, 2.24) is 0 Å². The Bertz CT molecular complexity index is 1110. The van der Waals surface area contributed by atoms with Crippen molar-refractivity contribution in [2.45, 2.75) is 212 Å². The Kier molecular flexibility index (Phi) is 41.5. The first-order valence-corrected chi connectivity index (χ1v) is 24.7. The highest BCUT2D eigenvalue weighted by Gasteiger charge is 2.26. The van der Waals surface area contributed by atoms with Crippen molar-refractivity contribution in [3.63, 3.8) is 0 Å². The minimum atomic E-state index is -4.40. The molecule has 0 saturated carbocycles. The van der Waals surface area contributed by atoms with Gasteiger partial charge in [-0.1, -0.05) is 191 Å². The number of ether oxygens (including phenoxy) is 2. The Morgan fingerprint density at radius 1 is 0.586 bits per heavy atom. The first-order chi connectivity index (χ1) is 28.2. The largest absolute Gasteiger partial charge is 0.472 e. The minimum Gasteiger partial charge on any atom is -0.462 e. The second kappa shape index (κ2) is 43.0. The summed E-state index contributed by atoms with van der Waals surface area (Å²) in [6.07, 6.45) is 46.3. The number of aliphatic hydroxyl groups excluding tert-OH is 1. The number of nitrogens with two attached hydrogens (primary N) is 1. The molecule has 0 aliphatic carbocycles. The van der Waals surface area contributed by atoms with Crippen molar-refractivity contribution in [1.29, 1.82) is 0 Å². The average Bonchev–Trinajstić information content (AvgIpc) is 3.21. The van der Waals surface area contributed by atoms with E-state index in [1.54, 1.807) is 0 Å². The lowest BCUT2D eigenvalue weighted by atomic mass is 10.0. The Morgan fingerprint density at radius 3 is 1.57 bits per heavy atom. The van der Waals surface area contributed by atoms with Crippen LogP contribution in [0.25, 0.3) is 0 Å². The van der Waals surface area contributed by atoms with Crippen molar-refractivity contribution in [2.75, 3.05) is 26.4 Å². The summed E-state index contributed by atoms with van der Waals surface area (Å²) in [6.45, 7) is 3.52. The maximum Gasteiger partial charge on any atom is 0.472 e. The third-order valence-electron chi connectivity index (χ3n) is 9.79. The van der Waals surface area contributed by atoms with Crippen molar-refractivity contribution < 1.29 is 42.7 Å². The molecular formula is C47H86NO9P. The molecule has 0 aromatic heterocycles. The van der Waals surface area contributed by atoms with Gasteiger partial charge < -0.3 is 25.2 Å². The zero-order valence-corrected chi connectivity index (χ0v) is 37.8. The maximum absolute atomic E-state index is 12.6. The van der Waals surface area contributed by atoms with Crippen LogP contribution in [0.3, 0.4) is 0 Å². The SMILES string of the molecule is CCCCCCCCCCCCCCCCCCCCCC(=O)O[C@H](COC(=O)CCC/C=C\C/C=C\C/C=C\C/C=C\[C@@H](O)CCCC)COP(=O)(O)OCCN. The molecule has 58 heavy (non-hydrogen) atoms. The summed E-state index contributed by atoms with van der Waals surface area (Å²) in [5.74, 6) is -0.912. The van der Waals surface area contributed by atoms with Crippen LogP contribution in [0.15, 0.2) is 48.6 Å². The first kappa shape index (κ1) is 55.9. The average molecular weight is 840 g/mol. The monoisotopic (exact) mass is 840 g/mol. The number of carbonyl (C=O) groups excluding carboxylic acids is 2. The number of hydrogen-bond acceptors (Lipinski definition) is 9. The topological polar surface area (TPSA) is 155 Å². The number of rotatable bonds is 43. The molecule has 0 heterocycles. The van der Waals surface area contributed by atoms with E-state index in [9.17, 15) is 24.2 Å². The van der Waals surface area contributed by atoms with Gasteiger partial charge in [-0.05, 0) is 44.9 Å². The van der Waals surface area contributed by atoms with E-state index in [4.69, 9.17) is 24.3 Å². The second-order valence-corrected chi connectivity index (χ2v) is 16.9. The highest BCUT2D eigenvalue weighted by Crippen LogP contribution is 2.43. The zero-order chi connectivity index (χ0) is 42.6. The number of carbonyl (C=O) groups is 2. The molecule has 0 aromatic carbocycles. The van der Waals surface area contributed by atoms with Crippen molar-refractivity contribution in [3.05, 3.63) is 48.6 Å². The zero-order valence-electron chi connectivity index (χ0n) is 36.9. The number of hydrogen-bond donors (Lipinski definition) is 3. The van der Waals surface area contributed by atoms with Gasteiger partial charge in [0.15, 0.2) is 6.10 Å². The van der Waals surface area contributed by atoms with Crippen molar-refractivity contribution in [3.8, 4) is 0 Å². The summed E-state index contributed by atoms with van der Waals surface area (Å²) < 4.78 is 32.8. The molecule has 0 fully saturated rings. The summed E-state index contributed by atoms with van der Waals surface area (Å²) in [6, 6.07) is 0. The summed E-state index contributed by atoms with van der Waals surface area (Å²) >= 11 is 0. The van der Waals surface area contributed by atoms with E-state index >= 15 is 0 Å². The molecule has 4 N–H and O–H groups in total. The molecule has 10 nitrogen and oxygen atoms in total. The van der Waals surface area contributed by atoms with Crippen LogP contribution < -0.4 is 5.73 Å². The molecule has 3 atom stereocenters. The molecule has 338 valence electrons. The predicted octanol–water partition coefficient (Wildman–Crippen LogP) is 12.5. The van der Waals surface area contributed by atoms with Crippen LogP contribution in [0.5, 0.6) is 0 Å². The van der Waals surface area contributed by atoms with Gasteiger partial charge in [0.1, 0.15) is 6.61 Å². The van der Waals surface area contributed by atoms with Crippen molar-refractivity contribution >= 4 is 19.8 Å². The van der Waals surface area contributed by atoms with Gasteiger partial charge in [0.25, 0.3) is 0 Å². The van der Waals surface area contributed by atoms with Gasteiger partial charge in [-0.25, -0.2) is 4.57 Å². The Hall–Kier alpha value is -2.07. The number of esters is 2. The molecule has 0 saturated heterocycles. The number of allylic oxidation sites excluding steroid dienone is 7. The Labute approximate surface area is 354 Å². The van der Waals surface area contributed by atoms with Gasteiger partial charge in [0, 0.05) is 19.4 Å². The lowest BCUT2D eigenvalue weighted by molar-refractivity contribution is -0.161. The van der Waals surface area contributed by atoms with Gasteiger partial charge in [0.05, 0.1) is 19.3 Å². The van der Waals surface area contributed by atoms with Crippen LogP contribution in [0.1, 0.15) is 200 Å². The molecule has 0 rings (SSSR count). The molecular weight excluding hydrogens is 753 g/mol. The van der Waals surface area contributed by atoms with E-state index < -0.39 is 32.5 Å². The van der Waals surface area contributed by atoms with Gasteiger partial charge in [0.2, 0.25) is 0 Å². The third-order valence-corrected chi connectivity index (χ3v) is 10.8. The summed E-state index contributed by atoms with van der Waals surface area (Å²) in [5.41, 5.74) is 5.35. The highest BCUT2D eigenvalue weighted by atomic mass is 31.2. The fourth-order valence-electron chi connectivity index (χ4n) is 6.29. The fourth-order valence-corrected chi connectivity index (χ4v) is 7.06. The molecule has 0 aliphatic heterocycles. The number of phosphoric ester groups is 1. The van der Waals surface area contributed by atoms with E-state index in [-0.39, 0.29) is 38.7 Å². The maximum atomic E-state index is 12.6. The van der Waals surface area contributed by atoms with Crippen LogP contribution in [-0.4, -0.2) is 60.5 Å². The van der Waals surface area contributed by atoms with Gasteiger partial charge in [-0.2, -0.15) is 0 Å². The molecule has 0 aromatic rings. The van der Waals surface area contributed by atoms with E-state index in [1.165, 1.54) is 96.3 Å². The molecule has 0 bridgehead atoms. The normalized spacial score (nSPS) is 14.2. The van der Waals surface area contributed by atoms with Crippen molar-refractivity contribution in [2.24, 2.45) is 5.73 Å². The van der Waals surface area contributed by atoms with E-state index in [1.807, 2.05) is 18.2 Å². The van der Waals surface area contributed by atoms with Crippen LogP contribution in [0.2, 0.25) is 0 Å².